The Bertz CT molecular complexity index is 762. The zero-order valence-electron chi connectivity index (χ0n) is 15.6. The molecule has 1 aliphatic rings. The average molecular weight is 375 g/mol. The summed E-state index contributed by atoms with van der Waals surface area (Å²) in [6.07, 6.45) is 3.41. The van der Waals surface area contributed by atoms with Crippen LogP contribution >= 0.6 is 11.8 Å². The molecule has 0 saturated carbocycles. The summed E-state index contributed by atoms with van der Waals surface area (Å²) >= 11 is 1.44. The van der Waals surface area contributed by atoms with Gasteiger partial charge >= 0.3 is 0 Å². The highest BCUT2D eigenvalue weighted by atomic mass is 32.2. The summed E-state index contributed by atoms with van der Waals surface area (Å²) in [5.41, 5.74) is 1.09. The van der Waals surface area contributed by atoms with Crippen molar-refractivity contribution < 1.29 is 9.53 Å². The summed E-state index contributed by atoms with van der Waals surface area (Å²) in [7, 11) is 1.91. The van der Waals surface area contributed by atoms with E-state index in [1.54, 1.807) is 0 Å². The third-order valence-corrected chi connectivity index (χ3v) is 5.83. The molecular weight excluding hydrogens is 348 g/mol. The maximum Gasteiger partial charge on any atom is 0.233 e. The van der Waals surface area contributed by atoms with Crippen LogP contribution in [-0.4, -0.2) is 43.9 Å². The molecule has 3 rings (SSSR count). The highest BCUT2D eigenvalue weighted by Gasteiger charge is 2.23. The minimum absolute atomic E-state index is 0.183. The summed E-state index contributed by atoms with van der Waals surface area (Å²) in [6, 6.07) is 8.24. The van der Waals surface area contributed by atoms with Crippen molar-refractivity contribution in [3.05, 3.63) is 35.7 Å². The van der Waals surface area contributed by atoms with Gasteiger partial charge in [0.2, 0.25) is 5.91 Å². The molecule has 0 spiro atoms. The van der Waals surface area contributed by atoms with E-state index in [0.29, 0.717) is 18.4 Å². The molecule has 6 nitrogen and oxygen atoms in total. The molecule has 0 aliphatic carbocycles. The number of nitrogens with zero attached hydrogens (tertiary/aromatic N) is 4. The number of benzene rings is 1. The number of ether oxygens (including phenoxy) is 1. The zero-order chi connectivity index (χ0) is 18.5. The number of para-hydroxylation sites is 1. The first-order chi connectivity index (χ1) is 12.6. The Labute approximate surface area is 158 Å². The normalized spacial score (nSPS) is 17.3. The van der Waals surface area contributed by atoms with Gasteiger partial charge in [-0.1, -0.05) is 30.0 Å². The Balaban J connectivity index is 1.55. The van der Waals surface area contributed by atoms with Crippen LogP contribution in [0.4, 0.5) is 0 Å². The Morgan fingerprint density at radius 1 is 1.31 bits per heavy atom. The van der Waals surface area contributed by atoms with Crippen molar-refractivity contribution in [3.8, 4) is 5.75 Å². The van der Waals surface area contributed by atoms with E-state index >= 15 is 0 Å². The molecule has 2 aromatic rings. The largest absolute Gasteiger partial charge is 0.485 e. The van der Waals surface area contributed by atoms with E-state index in [1.807, 2.05) is 47.7 Å². The van der Waals surface area contributed by atoms with Crippen LogP contribution in [0.5, 0.6) is 5.75 Å². The lowest BCUT2D eigenvalue weighted by atomic mass is 10.0. The van der Waals surface area contributed by atoms with E-state index in [-0.39, 0.29) is 5.91 Å². The highest BCUT2D eigenvalue weighted by molar-refractivity contribution is 7.99. The van der Waals surface area contributed by atoms with Gasteiger partial charge in [-0.15, -0.1) is 10.2 Å². The van der Waals surface area contributed by atoms with E-state index in [0.717, 1.165) is 41.7 Å². The number of rotatable bonds is 6. The van der Waals surface area contributed by atoms with Crippen molar-refractivity contribution in [1.82, 2.24) is 19.7 Å². The van der Waals surface area contributed by atoms with Crippen LogP contribution in [-0.2, 0) is 18.4 Å². The maximum atomic E-state index is 12.5. The molecule has 0 radical (unpaired) electrons. The molecule has 0 bridgehead atoms. The van der Waals surface area contributed by atoms with Crippen molar-refractivity contribution in [2.24, 2.45) is 7.05 Å². The number of hydrogen-bond acceptors (Lipinski definition) is 5. The minimum Gasteiger partial charge on any atom is -0.485 e. The number of aryl methyl sites for hydroxylation is 1. The van der Waals surface area contributed by atoms with Gasteiger partial charge in [0.15, 0.2) is 11.0 Å². The lowest BCUT2D eigenvalue weighted by Crippen LogP contribution is -2.42. The van der Waals surface area contributed by atoms with Gasteiger partial charge in [0, 0.05) is 19.6 Å². The molecule has 1 atom stereocenters. The van der Waals surface area contributed by atoms with Gasteiger partial charge in [0.1, 0.15) is 12.4 Å². The van der Waals surface area contributed by atoms with Gasteiger partial charge in [-0.3, -0.25) is 4.79 Å². The Morgan fingerprint density at radius 2 is 2.12 bits per heavy atom. The van der Waals surface area contributed by atoms with Crippen LogP contribution in [0.1, 0.15) is 37.6 Å². The first-order valence-electron chi connectivity index (χ1n) is 9.05. The Hall–Kier alpha value is -2.02. The van der Waals surface area contributed by atoms with Crippen molar-refractivity contribution in [3.63, 3.8) is 0 Å². The molecule has 2 heterocycles. The van der Waals surface area contributed by atoms with Crippen LogP contribution in [0.2, 0.25) is 0 Å². The van der Waals surface area contributed by atoms with Gasteiger partial charge in [0.05, 0.1) is 5.75 Å². The Kier molecular flexibility index (Phi) is 6.19. The monoisotopic (exact) mass is 374 g/mol. The molecule has 1 amide bonds. The second kappa shape index (κ2) is 8.58. The molecule has 1 unspecified atom stereocenters. The van der Waals surface area contributed by atoms with E-state index in [9.17, 15) is 4.79 Å². The maximum absolute atomic E-state index is 12.5. The highest BCUT2D eigenvalue weighted by Crippen LogP contribution is 2.22. The molecule has 7 heteroatoms. The molecule has 26 heavy (non-hydrogen) atoms. The predicted molar refractivity (Wildman–Crippen MR) is 102 cm³/mol. The van der Waals surface area contributed by atoms with Crippen LogP contribution in [0.3, 0.4) is 0 Å². The number of carbonyl (C=O) groups is 1. The summed E-state index contributed by atoms with van der Waals surface area (Å²) in [4.78, 5) is 14.5. The number of amides is 1. The quantitative estimate of drug-likeness (QED) is 0.727. The minimum atomic E-state index is 0.183. The summed E-state index contributed by atoms with van der Waals surface area (Å²) in [5, 5.41) is 9.16. The van der Waals surface area contributed by atoms with Crippen molar-refractivity contribution in [1.29, 1.82) is 0 Å². The molecule has 1 aromatic heterocycles. The summed E-state index contributed by atoms with van der Waals surface area (Å²) in [6.45, 7) is 5.37. The summed E-state index contributed by atoms with van der Waals surface area (Å²) < 4.78 is 7.74. The number of piperidine rings is 1. The van der Waals surface area contributed by atoms with Crippen LogP contribution in [0.25, 0.3) is 0 Å². The standard InChI is InChI=1S/C19H26N4O2S/c1-14-8-4-5-10-16(14)25-12-17-20-21-19(22(17)3)26-13-18(24)23-11-7-6-9-15(23)2/h4-5,8,10,15H,6-7,9,11-13H2,1-3H3. The van der Waals surface area contributed by atoms with Crippen molar-refractivity contribution in [2.75, 3.05) is 12.3 Å². The van der Waals surface area contributed by atoms with Crippen molar-refractivity contribution >= 4 is 17.7 Å². The number of carbonyl (C=O) groups excluding carboxylic acids is 1. The molecule has 1 saturated heterocycles. The predicted octanol–water partition coefficient (Wildman–Crippen LogP) is 3.20. The number of aromatic nitrogens is 3. The van der Waals surface area contributed by atoms with E-state index < -0.39 is 0 Å². The van der Waals surface area contributed by atoms with Gasteiger partial charge < -0.3 is 14.2 Å². The molecular formula is C19H26N4O2S. The van der Waals surface area contributed by atoms with E-state index in [1.165, 1.54) is 18.2 Å². The zero-order valence-corrected chi connectivity index (χ0v) is 16.5. The molecule has 1 fully saturated rings. The van der Waals surface area contributed by atoms with Gasteiger partial charge in [-0.2, -0.15) is 0 Å². The topological polar surface area (TPSA) is 60.3 Å². The van der Waals surface area contributed by atoms with Crippen LogP contribution in [0, 0.1) is 6.92 Å². The fraction of sp³-hybridized carbons (Fsp3) is 0.526. The third kappa shape index (κ3) is 4.38. The molecule has 0 N–H and O–H groups in total. The van der Waals surface area contributed by atoms with Gasteiger partial charge in [-0.05, 0) is 44.7 Å². The van der Waals surface area contributed by atoms with E-state index in [4.69, 9.17) is 4.74 Å². The lowest BCUT2D eigenvalue weighted by Gasteiger charge is -2.33. The lowest BCUT2D eigenvalue weighted by molar-refractivity contribution is -0.131. The van der Waals surface area contributed by atoms with Crippen molar-refractivity contribution in [2.45, 2.75) is 50.9 Å². The second-order valence-corrected chi connectivity index (χ2v) is 7.68. The molecule has 1 aromatic carbocycles. The SMILES string of the molecule is Cc1ccccc1OCc1nnc(SCC(=O)N2CCCCC2C)n1C. The average Bonchev–Trinajstić information content (AvgIpc) is 2.99. The number of likely N-dealkylation sites (tertiary alicyclic amines) is 1. The van der Waals surface area contributed by atoms with Gasteiger partial charge in [0.25, 0.3) is 0 Å². The summed E-state index contributed by atoms with van der Waals surface area (Å²) in [5.74, 6) is 2.17. The molecule has 1 aliphatic heterocycles. The van der Waals surface area contributed by atoms with E-state index in [2.05, 4.69) is 17.1 Å². The second-order valence-electron chi connectivity index (χ2n) is 6.73. The smallest absolute Gasteiger partial charge is 0.233 e. The first-order valence-corrected chi connectivity index (χ1v) is 10.0. The third-order valence-electron chi connectivity index (χ3n) is 4.82. The number of hydrogen-bond donors (Lipinski definition) is 0. The molecule has 140 valence electrons. The first kappa shape index (κ1) is 18.8. The number of thioether (sulfide) groups is 1. The van der Waals surface area contributed by atoms with Crippen LogP contribution < -0.4 is 4.74 Å². The van der Waals surface area contributed by atoms with Crippen LogP contribution in [0.15, 0.2) is 29.4 Å². The van der Waals surface area contributed by atoms with Gasteiger partial charge in [-0.25, -0.2) is 0 Å². The fourth-order valence-electron chi connectivity index (χ4n) is 3.13. The Morgan fingerprint density at radius 3 is 2.88 bits per heavy atom. The fourth-order valence-corrected chi connectivity index (χ4v) is 3.95.